The van der Waals surface area contributed by atoms with E-state index < -0.39 is 0 Å². The number of nitrogen functional groups attached to an aromatic ring is 1. The zero-order chi connectivity index (χ0) is 14.5. The average molecular weight is 294 g/mol. The maximum atomic E-state index is 12.0. The Bertz CT molecular complexity index is 565. The van der Waals surface area contributed by atoms with Gasteiger partial charge >= 0.3 is 0 Å². The van der Waals surface area contributed by atoms with E-state index in [1.165, 1.54) is 11.3 Å². The van der Waals surface area contributed by atoms with Crippen molar-refractivity contribution < 1.29 is 9.21 Å². The van der Waals surface area contributed by atoms with Crippen LogP contribution in [0.3, 0.4) is 0 Å². The van der Waals surface area contributed by atoms with Crippen molar-refractivity contribution >= 4 is 28.2 Å². The number of nitrogens with two attached hydrogens (primary N) is 1. The van der Waals surface area contributed by atoms with E-state index in [9.17, 15) is 4.79 Å². The molecule has 1 amide bonds. The zero-order valence-corrected chi connectivity index (χ0v) is 12.4. The standard InChI is InChI=1S/C13H18N4O2S/c1-3-17(2)13-16-11(14)10(20-13)12(18)15-7-6-9-5-4-8-19-9/h4-5,8H,3,6-7,14H2,1-2H3,(H,15,18). The first kappa shape index (κ1) is 14.4. The zero-order valence-electron chi connectivity index (χ0n) is 11.5. The van der Waals surface area contributed by atoms with Crippen LogP contribution in [0, 0.1) is 0 Å². The minimum absolute atomic E-state index is 0.192. The Kier molecular flexibility index (Phi) is 4.62. The maximum absolute atomic E-state index is 12.0. The molecule has 0 aliphatic heterocycles. The van der Waals surface area contributed by atoms with E-state index in [4.69, 9.17) is 10.2 Å². The smallest absolute Gasteiger partial charge is 0.265 e. The molecular weight excluding hydrogens is 276 g/mol. The summed E-state index contributed by atoms with van der Waals surface area (Å²) in [5.41, 5.74) is 5.79. The van der Waals surface area contributed by atoms with Gasteiger partial charge in [-0.15, -0.1) is 0 Å². The van der Waals surface area contributed by atoms with Crippen LogP contribution in [0.25, 0.3) is 0 Å². The number of carbonyl (C=O) groups is 1. The van der Waals surface area contributed by atoms with Gasteiger partial charge in [-0.2, -0.15) is 0 Å². The molecule has 2 heterocycles. The minimum atomic E-state index is -0.192. The van der Waals surface area contributed by atoms with Crippen molar-refractivity contribution in [1.29, 1.82) is 0 Å². The topological polar surface area (TPSA) is 84.4 Å². The molecule has 0 radical (unpaired) electrons. The highest BCUT2D eigenvalue weighted by molar-refractivity contribution is 7.18. The van der Waals surface area contributed by atoms with Crippen LogP contribution in [-0.4, -0.2) is 31.0 Å². The fraction of sp³-hybridized carbons (Fsp3) is 0.385. The molecule has 0 atom stereocenters. The first-order valence-electron chi connectivity index (χ1n) is 6.39. The van der Waals surface area contributed by atoms with Gasteiger partial charge < -0.3 is 20.4 Å². The lowest BCUT2D eigenvalue weighted by molar-refractivity contribution is 0.0958. The second-order valence-corrected chi connectivity index (χ2v) is 5.29. The molecule has 0 bridgehead atoms. The summed E-state index contributed by atoms with van der Waals surface area (Å²) in [5.74, 6) is 0.928. The molecule has 0 aromatic carbocycles. The number of hydrogen-bond donors (Lipinski definition) is 2. The molecule has 0 aliphatic carbocycles. The predicted octanol–water partition coefficient (Wildman–Crippen LogP) is 1.75. The first-order chi connectivity index (χ1) is 9.61. The average Bonchev–Trinajstić information content (AvgIpc) is 3.07. The largest absolute Gasteiger partial charge is 0.469 e. The number of thiazole rings is 1. The Labute approximate surface area is 121 Å². The lowest BCUT2D eigenvalue weighted by atomic mass is 10.3. The lowest BCUT2D eigenvalue weighted by Gasteiger charge is -2.10. The summed E-state index contributed by atoms with van der Waals surface area (Å²) in [4.78, 5) is 18.7. The molecule has 108 valence electrons. The summed E-state index contributed by atoms with van der Waals surface area (Å²) in [7, 11) is 1.91. The highest BCUT2D eigenvalue weighted by atomic mass is 32.1. The van der Waals surface area contributed by atoms with Crippen molar-refractivity contribution in [2.75, 3.05) is 30.8 Å². The summed E-state index contributed by atoms with van der Waals surface area (Å²) >= 11 is 1.30. The van der Waals surface area contributed by atoms with Gasteiger partial charge in [0, 0.05) is 26.6 Å². The number of hydrogen-bond acceptors (Lipinski definition) is 6. The summed E-state index contributed by atoms with van der Waals surface area (Å²) < 4.78 is 5.20. The summed E-state index contributed by atoms with van der Waals surface area (Å²) in [5, 5.41) is 3.57. The molecule has 2 aromatic heterocycles. The van der Waals surface area contributed by atoms with Gasteiger partial charge in [0.2, 0.25) is 0 Å². The molecule has 2 aromatic rings. The molecule has 0 fully saturated rings. The number of aromatic nitrogens is 1. The SMILES string of the molecule is CCN(C)c1nc(N)c(C(=O)NCCc2ccco2)s1. The summed E-state index contributed by atoms with van der Waals surface area (Å²) in [6, 6.07) is 3.70. The third-order valence-electron chi connectivity index (χ3n) is 2.89. The van der Waals surface area contributed by atoms with Crippen molar-refractivity contribution in [2.24, 2.45) is 0 Å². The van der Waals surface area contributed by atoms with Crippen LogP contribution < -0.4 is 16.0 Å². The third-order valence-corrected chi connectivity index (χ3v) is 4.07. The van der Waals surface area contributed by atoms with E-state index in [-0.39, 0.29) is 11.7 Å². The molecular formula is C13H18N4O2S. The lowest BCUT2D eigenvalue weighted by Crippen LogP contribution is -2.25. The van der Waals surface area contributed by atoms with E-state index in [0.717, 1.165) is 17.4 Å². The third kappa shape index (κ3) is 3.30. The van der Waals surface area contributed by atoms with Crippen LogP contribution in [0.15, 0.2) is 22.8 Å². The Hall–Kier alpha value is -2.02. The normalized spacial score (nSPS) is 10.5. The maximum Gasteiger partial charge on any atom is 0.265 e. The van der Waals surface area contributed by atoms with Crippen molar-refractivity contribution in [3.8, 4) is 0 Å². The van der Waals surface area contributed by atoms with E-state index >= 15 is 0 Å². The van der Waals surface area contributed by atoms with Gasteiger partial charge in [-0.25, -0.2) is 4.98 Å². The Morgan fingerprint density at radius 1 is 1.60 bits per heavy atom. The molecule has 0 aliphatic rings. The first-order valence-corrected chi connectivity index (χ1v) is 7.21. The summed E-state index contributed by atoms with van der Waals surface area (Å²) in [6.07, 6.45) is 2.27. The Morgan fingerprint density at radius 2 is 2.40 bits per heavy atom. The van der Waals surface area contributed by atoms with Crippen LogP contribution in [0.2, 0.25) is 0 Å². The van der Waals surface area contributed by atoms with Gasteiger partial charge in [-0.3, -0.25) is 4.79 Å². The number of amides is 1. The van der Waals surface area contributed by atoms with E-state index in [1.807, 2.05) is 31.0 Å². The van der Waals surface area contributed by atoms with E-state index in [1.54, 1.807) is 6.26 Å². The number of nitrogens with one attached hydrogen (secondary N) is 1. The molecule has 20 heavy (non-hydrogen) atoms. The van der Waals surface area contributed by atoms with E-state index in [0.29, 0.717) is 17.8 Å². The molecule has 0 saturated carbocycles. The monoisotopic (exact) mass is 294 g/mol. The summed E-state index contributed by atoms with van der Waals surface area (Å²) in [6.45, 7) is 3.33. The van der Waals surface area contributed by atoms with Crippen LogP contribution in [-0.2, 0) is 6.42 Å². The molecule has 3 N–H and O–H groups in total. The van der Waals surface area contributed by atoms with Gasteiger partial charge in [0.15, 0.2) is 5.13 Å². The second kappa shape index (κ2) is 6.42. The molecule has 6 nitrogen and oxygen atoms in total. The van der Waals surface area contributed by atoms with Gasteiger partial charge in [-0.1, -0.05) is 11.3 Å². The van der Waals surface area contributed by atoms with Gasteiger partial charge in [0.1, 0.15) is 16.5 Å². The molecule has 7 heteroatoms. The highest BCUT2D eigenvalue weighted by Gasteiger charge is 2.17. The fourth-order valence-electron chi connectivity index (χ4n) is 1.62. The number of nitrogens with zero attached hydrogens (tertiary/aromatic N) is 2. The number of anilines is 2. The quantitative estimate of drug-likeness (QED) is 0.848. The van der Waals surface area contributed by atoms with Crippen LogP contribution in [0.5, 0.6) is 0 Å². The van der Waals surface area contributed by atoms with Crippen molar-refractivity contribution in [1.82, 2.24) is 10.3 Å². The highest BCUT2D eigenvalue weighted by Crippen LogP contribution is 2.27. The van der Waals surface area contributed by atoms with Crippen LogP contribution >= 0.6 is 11.3 Å². The Balaban J connectivity index is 1.93. The van der Waals surface area contributed by atoms with Crippen LogP contribution in [0.4, 0.5) is 10.9 Å². The second-order valence-electron chi connectivity index (χ2n) is 4.31. The van der Waals surface area contributed by atoms with Crippen molar-refractivity contribution in [3.63, 3.8) is 0 Å². The van der Waals surface area contributed by atoms with Crippen molar-refractivity contribution in [2.45, 2.75) is 13.3 Å². The van der Waals surface area contributed by atoms with E-state index in [2.05, 4.69) is 10.3 Å². The van der Waals surface area contributed by atoms with Crippen LogP contribution in [0.1, 0.15) is 22.4 Å². The molecule has 0 saturated heterocycles. The van der Waals surface area contributed by atoms with Gasteiger partial charge in [-0.05, 0) is 19.1 Å². The fourth-order valence-corrected chi connectivity index (χ4v) is 2.54. The molecule has 0 spiro atoms. The number of furan rings is 1. The Morgan fingerprint density at radius 3 is 3.05 bits per heavy atom. The van der Waals surface area contributed by atoms with Gasteiger partial charge in [0.05, 0.1) is 6.26 Å². The van der Waals surface area contributed by atoms with Gasteiger partial charge in [0.25, 0.3) is 5.91 Å². The molecule has 2 rings (SSSR count). The predicted molar refractivity (Wildman–Crippen MR) is 80.2 cm³/mol. The number of rotatable bonds is 6. The number of carbonyl (C=O) groups excluding carboxylic acids is 1. The van der Waals surface area contributed by atoms with Crippen molar-refractivity contribution in [3.05, 3.63) is 29.0 Å². The molecule has 0 unspecified atom stereocenters. The minimum Gasteiger partial charge on any atom is -0.469 e.